The molecule has 0 saturated heterocycles. The van der Waals surface area contributed by atoms with Crippen LogP contribution in [0.2, 0.25) is 0 Å². The Labute approximate surface area is 140 Å². The van der Waals surface area contributed by atoms with Gasteiger partial charge in [-0.2, -0.15) is 5.10 Å². The van der Waals surface area contributed by atoms with E-state index in [1.165, 1.54) is 47.5 Å². The Morgan fingerprint density at radius 3 is 2.64 bits per heavy atom. The van der Waals surface area contributed by atoms with Gasteiger partial charge in [0.05, 0.1) is 11.6 Å². The molecule has 0 unspecified atom stereocenters. The summed E-state index contributed by atoms with van der Waals surface area (Å²) in [5.74, 6) is -0.233. The molecule has 2 N–H and O–H groups in total. The number of nitrogens with zero attached hydrogens (tertiary/aromatic N) is 4. The lowest BCUT2D eigenvalue weighted by Gasteiger charge is -2.09. The number of hydrogen-bond acceptors (Lipinski definition) is 5. The van der Waals surface area contributed by atoms with Crippen LogP contribution in [-0.4, -0.2) is 19.7 Å². The number of halogens is 2. The molecule has 0 fully saturated rings. The van der Waals surface area contributed by atoms with E-state index in [2.05, 4.69) is 15.1 Å². The van der Waals surface area contributed by atoms with Crippen molar-refractivity contribution in [3.05, 3.63) is 66.6 Å². The molecule has 0 spiro atoms. The van der Waals surface area contributed by atoms with Crippen molar-refractivity contribution in [1.82, 2.24) is 19.7 Å². The number of ether oxygens (including phenoxy) is 1. The largest absolute Gasteiger partial charge is 0.457 e. The van der Waals surface area contributed by atoms with Crippen molar-refractivity contribution in [3.8, 4) is 17.2 Å². The monoisotopic (exact) mass is 339 g/mol. The minimum absolute atomic E-state index is 0.180. The second-order valence-electron chi connectivity index (χ2n) is 5.23. The Bertz CT molecular complexity index is 1080. The fraction of sp³-hybridized carbons (Fsp3) is 0. The molecule has 0 radical (unpaired) electrons. The highest BCUT2D eigenvalue weighted by Crippen LogP contribution is 2.27. The molecule has 0 aliphatic heterocycles. The molecular weight excluding hydrogens is 328 g/mol. The number of rotatable bonds is 3. The second kappa shape index (κ2) is 5.82. The van der Waals surface area contributed by atoms with E-state index in [1.807, 2.05) is 0 Å². The van der Waals surface area contributed by atoms with Gasteiger partial charge < -0.3 is 10.5 Å². The maximum absolute atomic E-state index is 14.5. The lowest BCUT2D eigenvalue weighted by Crippen LogP contribution is -2.02. The molecule has 4 aromatic rings. The number of anilines is 1. The zero-order chi connectivity index (χ0) is 17.4. The standard InChI is InChI=1S/C17H11F2N5O/c18-10-2-1-3-11(6-10)25-12-4-5-15(14(19)7-12)24-17-13(8-23-24)16(20)21-9-22-17/h1-9H,(H2,20,21,22). The summed E-state index contributed by atoms with van der Waals surface area (Å²) in [6.07, 6.45) is 2.76. The zero-order valence-corrected chi connectivity index (χ0v) is 12.7. The molecule has 25 heavy (non-hydrogen) atoms. The van der Waals surface area contributed by atoms with Gasteiger partial charge in [0.15, 0.2) is 11.5 Å². The molecule has 0 atom stereocenters. The summed E-state index contributed by atoms with van der Waals surface area (Å²) >= 11 is 0. The Hall–Kier alpha value is -3.55. The normalized spacial score (nSPS) is 11.0. The third-order valence-corrected chi connectivity index (χ3v) is 3.58. The quantitative estimate of drug-likeness (QED) is 0.618. The minimum atomic E-state index is -0.573. The summed E-state index contributed by atoms with van der Waals surface area (Å²) in [4.78, 5) is 7.96. The zero-order valence-electron chi connectivity index (χ0n) is 12.7. The average Bonchev–Trinajstić information content (AvgIpc) is 3.00. The maximum atomic E-state index is 14.5. The fourth-order valence-corrected chi connectivity index (χ4v) is 2.43. The third kappa shape index (κ3) is 2.74. The van der Waals surface area contributed by atoms with Gasteiger partial charge >= 0.3 is 0 Å². The Morgan fingerprint density at radius 2 is 1.84 bits per heavy atom. The van der Waals surface area contributed by atoms with Gasteiger partial charge in [0.2, 0.25) is 0 Å². The van der Waals surface area contributed by atoms with Crippen LogP contribution in [0.3, 0.4) is 0 Å². The number of nitrogen functional groups attached to an aromatic ring is 1. The van der Waals surface area contributed by atoms with Crippen LogP contribution in [0.5, 0.6) is 11.5 Å². The number of benzene rings is 2. The van der Waals surface area contributed by atoms with Crippen LogP contribution in [-0.2, 0) is 0 Å². The first-order chi connectivity index (χ1) is 12.1. The van der Waals surface area contributed by atoms with Crippen LogP contribution >= 0.6 is 0 Å². The van der Waals surface area contributed by atoms with E-state index < -0.39 is 11.6 Å². The summed E-state index contributed by atoms with van der Waals surface area (Å²) in [6, 6.07) is 9.85. The van der Waals surface area contributed by atoms with Gasteiger partial charge in [0.1, 0.15) is 35.1 Å². The van der Waals surface area contributed by atoms with Crippen LogP contribution in [0.4, 0.5) is 14.6 Å². The molecule has 0 saturated carbocycles. The highest BCUT2D eigenvalue weighted by molar-refractivity contribution is 5.85. The van der Waals surface area contributed by atoms with Crippen LogP contribution in [0.25, 0.3) is 16.7 Å². The Morgan fingerprint density at radius 1 is 1.00 bits per heavy atom. The highest BCUT2D eigenvalue weighted by atomic mass is 19.1. The first-order valence-electron chi connectivity index (χ1n) is 7.29. The van der Waals surface area contributed by atoms with E-state index in [0.717, 1.165) is 0 Å². The average molecular weight is 339 g/mol. The minimum Gasteiger partial charge on any atom is -0.457 e. The second-order valence-corrected chi connectivity index (χ2v) is 5.23. The van der Waals surface area contributed by atoms with Gasteiger partial charge in [-0.05, 0) is 24.3 Å². The molecule has 4 rings (SSSR count). The summed E-state index contributed by atoms with van der Waals surface area (Å²) < 4.78 is 34.5. The predicted octanol–water partition coefficient (Wildman–Crippen LogP) is 3.47. The van der Waals surface area contributed by atoms with Crippen molar-refractivity contribution in [2.75, 3.05) is 5.73 Å². The van der Waals surface area contributed by atoms with Crippen molar-refractivity contribution in [2.24, 2.45) is 0 Å². The Balaban J connectivity index is 1.71. The number of hydrogen-bond donors (Lipinski definition) is 1. The molecule has 2 heterocycles. The van der Waals surface area contributed by atoms with E-state index in [4.69, 9.17) is 10.5 Å². The van der Waals surface area contributed by atoms with Crippen LogP contribution < -0.4 is 10.5 Å². The van der Waals surface area contributed by atoms with Crippen LogP contribution in [0.15, 0.2) is 55.0 Å². The van der Waals surface area contributed by atoms with Gasteiger partial charge in [0, 0.05) is 12.1 Å². The summed E-state index contributed by atoms with van der Waals surface area (Å²) in [7, 11) is 0. The van der Waals surface area contributed by atoms with Gasteiger partial charge in [-0.3, -0.25) is 0 Å². The van der Waals surface area contributed by atoms with Crippen molar-refractivity contribution < 1.29 is 13.5 Å². The third-order valence-electron chi connectivity index (χ3n) is 3.58. The van der Waals surface area contributed by atoms with E-state index in [-0.39, 0.29) is 23.0 Å². The van der Waals surface area contributed by atoms with E-state index in [0.29, 0.717) is 11.0 Å². The van der Waals surface area contributed by atoms with E-state index >= 15 is 0 Å². The van der Waals surface area contributed by atoms with Gasteiger partial charge in [-0.1, -0.05) is 6.07 Å². The topological polar surface area (TPSA) is 78.9 Å². The lowest BCUT2D eigenvalue weighted by molar-refractivity contribution is 0.470. The van der Waals surface area contributed by atoms with Crippen molar-refractivity contribution in [1.29, 1.82) is 0 Å². The first kappa shape index (κ1) is 15.0. The van der Waals surface area contributed by atoms with Gasteiger partial charge in [0.25, 0.3) is 0 Å². The summed E-state index contributed by atoms with van der Waals surface area (Å²) in [5, 5.41) is 4.65. The fourth-order valence-electron chi connectivity index (χ4n) is 2.43. The molecule has 0 amide bonds. The molecule has 0 aliphatic rings. The van der Waals surface area contributed by atoms with E-state index in [9.17, 15) is 8.78 Å². The molecule has 6 nitrogen and oxygen atoms in total. The van der Waals surface area contributed by atoms with Gasteiger partial charge in [-0.25, -0.2) is 23.4 Å². The van der Waals surface area contributed by atoms with E-state index in [1.54, 1.807) is 12.1 Å². The lowest BCUT2D eigenvalue weighted by atomic mass is 10.2. The molecule has 2 aromatic heterocycles. The molecule has 2 aromatic carbocycles. The van der Waals surface area contributed by atoms with Crippen LogP contribution in [0.1, 0.15) is 0 Å². The first-order valence-corrected chi connectivity index (χ1v) is 7.29. The maximum Gasteiger partial charge on any atom is 0.168 e. The summed E-state index contributed by atoms with van der Waals surface area (Å²) in [5.41, 5.74) is 6.33. The Kier molecular flexibility index (Phi) is 3.50. The van der Waals surface area contributed by atoms with Gasteiger partial charge in [-0.15, -0.1) is 0 Å². The molecule has 0 aliphatic carbocycles. The number of aromatic nitrogens is 4. The molecule has 8 heteroatoms. The van der Waals surface area contributed by atoms with Crippen molar-refractivity contribution in [2.45, 2.75) is 0 Å². The molecular formula is C17H11F2N5O. The number of fused-ring (bicyclic) bond motifs is 1. The number of nitrogens with two attached hydrogens (primary N) is 1. The summed E-state index contributed by atoms with van der Waals surface area (Å²) in [6.45, 7) is 0. The molecule has 124 valence electrons. The molecule has 0 bridgehead atoms. The predicted molar refractivity (Wildman–Crippen MR) is 87.5 cm³/mol. The van der Waals surface area contributed by atoms with Crippen molar-refractivity contribution in [3.63, 3.8) is 0 Å². The van der Waals surface area contributed by atoms with Crippen molar-refractivity contribution >= 4 is 16.9 Å². The van der Waals surface area contributed by atoms with Crippen LogP contribution in [0, 0.1) is 11.6 Å². The highest BCUT2D eigenvalue weighted by Gasteiger charge is 2.13. The SMILES string of the molecule is Nc1ncnc2c1cnn2-c1ccc(Oc2cccc(F)c2)cc1F. The smallest absolute Gasteiger partial charge is 0.168 e.